The van der Waals surface area contributed by atoms with Gasteiger partial charge in [0.15, 0.2) is 0 Å². The van der Waals surface area contributed by atoms with E-state index in [0.717, 1.165) is 37.2 Å². The molecule has 0 heterocycles. The molecule has 0 aliphatic rings. The maximum Gasteiger partial charge on any atom is 0.224 e. The highest BCUT2D eigenvalue weighted by Gasteiger charge is 2.18. The van der Waals surface area contributed by atoms with Crippen LogP contribution in [-0.2, 0) is 9.59 Å². The number of aryl methyl sites for hydroxylation is 1. The second-order valence-corrected chi connectivity index (χ2v) is 6.17. The maximum absolute atomic E-state index is 12.4. The van der Waals surface area contributed by atoms with Crippen molar-refractivity contribution in [2.24, 2.45) is 0 Å². The van der Waals surface area contributed by atoms with Crippen molar-refractivity contribution in [3.8, 4) is 0 Å². The number of amides is 2. The first-order valence-electron chi connectivity index (χ1n) is 8.22. The van der Waals surface area contributed by atoms with Gasteiger partial charge in [-0.3, -0.25) is 9.59 Å². The standard InChI is InChI=1S/C18H27ClN2O2/c1-5-10-20(11-6-2)18(23)9-12-21(15(4)22)17-13-16(19)8-7-14(17)3/h7-8,13H,5-6,9-12H2,1-4H3. The molecule has 4 nitrogen and oxygen atoms in total. The minimum Gasteiger partial charge on any atom is -0.343 e. The SMILES string of the molecule is CCCN(CCC)C(=O)CCN(C(C)=O)c1cc(Cl)ccc1C. The number of carbonyl (C=O) groups is 2. The molecule has 0 atom stereocenters. The number of benzene rings is 1. The van der Waals surface area contributed by atoms with Gasteiger partial charge in [-0.25, -0.2) is 0 Å². The van der Waals surface area contributed by atoms with Crippen LogP contribution in [0.15, 0.2) is 18.2 Å². The zero-order valence-corrected chi connectivity index (χ0v) is 15.3. The summed E-state index contributed by atoms with van der Waals surface area (Å²) in [7, 11) is 0. The van der Waals surface area contributed by atoms with Crippen LogP contribution in [0.4, 0.5) is 5.69 Å². The summed E-state index contributed by atoms with van der Waals surface area (Å²) in [5.74, 6) is 0.0142. The van der Waals surface area contributed by atoms with Crippen molar-refractivity contribution in [2.75, 3.05) is 24.5 Å². The van der Waals surface area contributed by atoms with Crippen molar-refractivity contribution in [3.63, 3.8) is 0 Å². The van der Waals surface area contributed by atoms with Crippen LogP contribution in [-0.4, -0.2) is 36.3 Å². The third kappa shape index (κ3) is 5.87. The van der Waals surface area contributed by atoms with E-state index in [9.17, 15) is 9.59 Å². The van der Waals surface area contributed by atoms with E-state index in [1.54, 1.807) is 17.0 Å². The van der Waals surface area contributed by atoms with Crippen molar-refractivity contribution in [1.29, 1.82) is 0 Å². The lowest BCUT2D eigenvalue weighted by molar-refractivity contribution is -0.131. The Balaban J connectivity index is 2.83. The maximum atomic E-state index is 12.4. The van der Waals surface area contributed by atoms with E-state index >= 15 is 0 Å². The summed E-state index contributed by atoms with van der Waals surface area (Å²) in [5.41, 5.74) is 1.74. The number of anilines is 1. The molecule has 0 aromatic heterocycles. The van der Waals surface area contributed by atoms with Crippen LogP contribution in [0.25, 0.3) is 0 Å². The molecule has 0 bridgehead atoms. The normalized spacial score (nSPS) is 10.5. The Morgan fingerprint density at radius 1 is 1.09 bits per heavy atom. The van der Waals surface area contributed by atoms with Crippen LogP contribution >= 0.6 is 11.6 Å². The smallest absolute Gasteiger partial charge is 0.224 e. The summed E-state index contributed by atoms with van der Waals surface area (Å²) < 4.78 is 0. The fourth-order valence-electron chi connectivity index (χ4n) is 2.59. The molecule has 1 aromatic carbocycles. The molecule has 128 valence electrons. The number of carbonyl (C=O) groups excluding carboxylic acids is 2. The summed E-state index contributed by atoms with van der Waals surface area (Å²) in [6.07, 6.45) is 2.21. The van der Waals surface area contributed by atoms with Gasteiger partial charge in [-0.2, -0.15) is 0 Å². The minimum atomic E-state index is -0.0827. The van der Waals surface area contributed by atoms with Crippen LogP contribution in [0.5, 0.6) is 0 Å². The highest BCUT2D eigenvalue weighted by molar-refractivity contribution is 6.31. The lowest BCUT2D eigenvalue weighted by Gasteiger charge is -2.26. The Bertz CT molecular complexity index is 540. The average molecular weight is 339 g/mol. The fourth-order valence-corrected chi connectivity index (χ4v) is 2.75. The second kappa shape index (κ2) is 9.56. The molecule has 0 unspecified atom stereocenters. The zero-order chi connectivity index (χ0) is 17.4. The topological polar surface area (TPSA) is 40.6 Å². The van der Waals surface area contributed by atoms with E-state index in [4.69, 9.17) is 11.6 Å². The van der Waals surface area contributed by atoms with Gasteiger partial charge in [0.2, 0.25) is 11.8 Å². The van der Waals surface area contributed by atoms with Crippen LogP contribution in [0.2, 0.25) is 5.02 Å². The molecule has 23 heavy (non-hydrogen) atoms. The van der Waals surface area contributed by atoms with Crippen molar-refractivity contribution in [3.05, 3.63) is 28.8 Å². The number of nitrogens with zero attached hydrogens (tertiary/aromatic N) is 2. The van der Waals surface area contributed by atoms with Crippen molar-refractivity contribution in [1.82, 2.24) is 4.90 Å². The summed E-state index contributed by atoms with van der Waals surface area (Å²) >= 11 is 6.05. The molecular formula is C18H27ClN2O2. The molecule has 0 fully saturated rings. The third-order valence-corrected chi connectivity index (χ3v) is 3.97. The van der Waals surface area contributed by atoms with Crippen LogP contribution < -0.4 is 4.90 Å². The predicted molar refractivity (Wildman–Crippen MR) is 96.0 cm³/mol. The zero-order valence-electron chi connectivity index (χ0n) is 14.6. The van der Waals surface area contributed by atoms with Crippen molar-refractivity contribution >= 4 is 29.1 Å². The number of halogens is 1. The van der Waals surface area contributed by atoms with Gasteiger partial charge in [0.25, 0.3) is 0 Å². The van der Waals surface area contributed by atoms with E-state index in [0.29, 0.717) is 18.0 Å². The van der Waals surface area contributed by atoms with Gasteiger partial charge in [-0.15, -0.1) is 0 Å². The Morgan fingerprint density at radius 2 is 1.70 bits per heavy atom. The molecule has 1 aromatic rings. The number of hydrogen-bond acceptors (Lipinski definition) is 2. The molecule has 0 radical (unpaired) electrons. The van der Waals surface area contributed by atoms with Gasteiger partial charge >= 0.3 is 0 Å². The summed E-state index contributed by atoms with van der Waals surface area (Å²) in [6.45, 7) is 9.48. The highest BCUT2D eigenvalue weighted by atomic mass is 35.5. The summed E-state index contributed by atoms with van der Waals surface area (Å²) in [4.78, 5) is 27.9. The lowest BCUT2D eigenvalue weighted by atomic mass is 10.1. The second-order valence-electron chi connectivity index (χ2n) is 5.73. The molecule has 0 spiro atoms. The summed E-state index contributed by atoms with van der Waals surface area (Å²) in [6, 6.07) is 5.46. The molecule has 0 aliphatic heterocycles. The molecule has 5 heteroatoms. The summed E-state index contributed by atoms with van der Waals surface area (Å²) in [5, 5.41) is 0.585. The van der Waals surface area contributed by atoms with Crippen LogP contribution in [0, 0.1) is 6.92 Å². The predicted octanol–water partition coefficient (Wildman–Crippen LogP) is 4.04. The largest absolute Gasteiger partial charge is 0.343 e. The van der Waals surface area contributed by atoms with E-state index in [1.165, 1.54) is 6.92 Å². The van der Waals surface area contributed by atoms with E-state index in [-0.39, 0.29) is 11.8 Å². The van der Waals surface area contributed by atoms with E-state index in [2.05, 4.69) is 13.8 Å². The first kappa shape index (κ1) is 19.5. The third-order valence-electron chi connectivity index (χ3n) is 3.73. The lowest BCUT2D eigenvalue weighted by Crippen LogP contribution is -2.37. The van der Waals surface area contributed by atoms with Gasteiger partial charge in [-0.05, 0) is 37.5 Å². The highest BCUT2D eigenvalue weighted by Crippen LogP contribution is 2.24. The molecule has 1 rings (SSSR count). The Morgan fingerprint density at radius 3 is 2.22 bits per heavy atom. The van der Waals surface area contributed by atoms with Gasteiger partial charge in [-0.1, -0.05) is 31.5 Å². The first-order chi connectivity index (χ1) is 10.9. The Kier molecular flexibility index (Phi) is 8.10. The van der Waals surface area contributed by atoms with Gasteiger partial charge in [0.1, 0.15) is 0 Å². The number of hydrogen-bond donors (Lipinski definition) is 0. The fraction of sp³-hybridized carbons (Fsp3) is 0.556. The molecule has 0 saturated carbocycles. The molecule has 2 amide bonds. The van der Waals surface area contributed by atoms with E-state index in [1.807, 2.05) is 17.9 Å². The van der Waals surface area contributed by atoms with Crippen molar-refractivity contribution < 1.29 is 9.59 Å². The Hall–Kier alpha value is -1.55. The number of rotatable bonds is 8. The quantitative estimate of drug-likeness (QED) is 0.717. The van der Waals surface area contributed by atoms with Gasteiger partial charge in [0, 0.05) is 43.7 Å². The molecule has 0 aliphatic carbocycles. The minimum absolute atomic E-state index is 0.0827. The van der Waals surface area contributed by atoms with Crippen LogP contribution in [0.1, 0.15) is 45.6 Å². The first-order valence-corrected chi connectivity index (χ1v) is 8.60. The molecule has 0 N–H and O–H groups in total. The van der Waals surface area contributed by atoms with E-state index < -0.39 is 0 Å². The Labute approximate surface area is 144 Å². The van der Waals surface area contributed by atoms with Crippen molar-refractivity contribution in [2.45, 2.75) is 47.0 Å². The van der Waals surface area contributed by atoms with Crippen LogP contribution in [0.3, 0.4) is 0 Å². The average Bonchev–Trinajstić information content (AvgIpc) is 2.50. The monoisotopic (exact) mass is 338 g/mol. The van der Waals surface area contributed by atoms with Gasteiger partial charge < -0.3 is 9.80 Å². The van der Waals surface area contributed by atoms with Gasteiger partial charge in [0.05, 0.1) is 0 Å². The molecule has 0 saturated heterocycles. The molecular weight excluding hydrogens is 312 g/mol.